The quantitative estimate of drug-likeness (QED) is 0.721. The first-order valence-corrected chi connectivity index (χ1v) is 5.56. The Kier molecular flexibility index (Phi) is 3.10. The summed E-state index contributed by atoms with van der Waals surface area (Å²) in [5, 5.41) is 27.6. The normalized spacial score (nSPS) is 18.9. The van der Waals surface area contributed by atoms with Gasteiger partial charge in [0.25, 0.3) is 5.91 Å². The van der Waals surface area contributed by atoms with Crippen LogP contribution >= 0.6 is 0 Å². The maximum Gasteiger partial charge on any atom is 0.326 e. The van der Waals surface area contributed by atoms with Gasteiger partial charge < -0.3 is 20.2 Å². The zero-order valence-electron chi connectivity index (χ0n) is 9.54. The van der Waals surface area contributed by atoms with Crippen molar-refractivity contribution in [1.29, 1.82) is 0 Å². The van der Waals surface area contributed by atoms with Gasteiger partial charge in [0.15, 0.2) is 0 Å². The summed E-state index contributed by atoms with van der Waals surface area (Å²) in [7, 11) is 0. The molecule has 18 heavy (non-hydrogen) atoms. The maximum atomic E-state index is 12.1. The molecule has 0 aliphatic carbocycles. The van der Waals surface area contributed by atoms with E-state index < -0.39 is 17.9 Å². The molecule has 1 atom stereocenters. The van der Waals surface area contributed by atoms with Gasteiger partial charge in [0, 0.05) is 18.2 Å². The minimum Gasteiger partial charge on any atom is -0.508 e. The average molecular weight is 251 g/mol. The maximum absolute atomic E-state index is 12.1. The van der Waals surface area contributed by atoms with Crippen LogP contribution in [0.2, 0.25) is 0 Å². The fourth-order valence-electron chi connectivity index (χ4n) is 2.15. The van der Waals surface area contributed by atoms with Gasteiger partial charge in [-0.1, -0.05) is 0 Å². The number of rotatable bonds is 2. The third-order valence-electron chi connectivity index (χ3n) is 2.95. The van der Waals surface area contributed by atoms with Crippen molar-refractivity contribution in [3.8, 4) is 11.5 Å². The van der Waals surface area contributed by atoms with E-state index in [1.807, 2.05) is 0 Å². The van der Waals surface area contributed by atoms with Gasteiger partial charge in [0.05, 0.1) is 0 Å². The highest BCUT2D eigenvalue weighted by Gasteiger charge is 2.34. The van der Waals surface area contributed by atoms with Gasteiger partial charge in [-0.3, -0.25) is 4.79 Å². The number of phenolic OH excluding ortho intramolecular Hbond substituents is 2. The lowest BCUT2D eigenvalue weighted by Gasteiger charge is -2.21. The van der Waals surface area contributed by atoms with Gasteiger partial charge in [-0.2, -0.15) is 0 Å². The smallest absolute Gasteiger partial charge is 0.326 e. The lowest BCUT2D eigenvalue weighted by atomic mass is 10.1. The van der Waals surface area contributed by atoms with E-state index in [1.165, 1.54) is 17.0 Å². The molecule has 0 spiro atoms. The van der Waals surface area contributed by atoms with E-state index in [1.54, 1.807) is 0 Å². The summed E-state index contributed by atoms with van der Waals surface area (Å²) in [6.45, 7) is 0.367. The minimum atomic E-state index is -1.04. The molecule has 3 N–H and O–H groups in total. The van der Waals surface area contributed by atoms with Crippen molar-refractivity contribution in [2.45, 2.75) is 18.9 Å². The molecule has 0 bridgehead atoms. The predicted molar refractivity (Wildman–Crippen MR) is 61.5 cm³/mol. The van der Waals surface area contributed by atoms with Crippen molar-refractivity contribution in [2.24, 2.45) is 0 Å². The summed E-state index contributed by atoms with van der Waals surface area (Å²) < 4.78 is 0. The Morgan fingerprint density at radius 1 is 1.17 bits per heavy atom. The highest BCUT2D eigenvalue weighted by atomic mass is 16.4. The van der Waals surface area contributed by atoms with Gasteiger partial charge in [-0.15, -0.1) is 0 Å². The number of likely N-dealkylation sites (tertiary alicyclic amines) is 1. The van der Waals surface area contributed by atoms with Crippen LogP contribution in [0.4, 0.5) is 0 Å². The molecule has 1 aliphatic rings. The highest BCUT2D eigenvalue weighted by molar-refractivity contribution is 5.97. The van der Waals surface area contributed by atoms with Crippen molar-refractivity contribution < 1.29 is 24.9 Å². The number of hydrogen-bond donors (Lipinski definition) is 3. The van der Waals surface area contributed by atoms with Gasteiger partial charge in [0.1, 0.15) is 17.5 Å². The molecule has 6 nitrogen and oxygen atoms in total. The molecule has 1 aromatic rings. The first kappa shape index (κ1) is 12.2. The fraction of sp³-hybridized carbons (Fsp3) is 0.333. The van der Waals surface area contributed by atoms with Crippen LogP contribution in [-0.4, -0.2) is 44.7 Å². The number of amides is 1. The molecular formula is C12H13NO5. The summed E-state index contributed by atoms with van der Waals surface area (Å²) >= 11 is 0. The molecule has 1 aromatic carbocycles. The number of carbonyl (C=O) groups excluding carboxylic acids is 1. The first-order chi connectivity index (χ1) is 8.49. The van der Waals surface area contributed by atoms with E-state index in [4.69, 9.17) is 5.11 Å². The van der Waals surface area contributed by atoms with Crippen LogP contribution in [-0.2, 0) is 4.79 Å². The summed E-state index contributed by atoms with van der Waals surface area (Å²) in [4.78, 5) is 24.3. The molecule has 1 heterocycles. The van der Waals surface area contributed by atoms with Crippen molar-refractivity contribution in [3.63, 3.8) is 0 Å². The number of phenols is 2. The second-order valence-corrected chi connectivity index (χ2v) is 4.23. The van der Waals surface area contributed by atoms with Crippen LogP contribution in [0.3, 0.4) is 0 Å². The largest absolute Gasteiger partial charge is 0.508 e. The highest BCUT2D eigenvalue weighted by Crippen LogP contribution is 2.25. The molecule has 2 rings (SSSR count). The Hall–Kier alpha value is -2.24. The first-order valence-electron chi connectivity index (χ1n) is 5.56. The molecule has 0 radical (unpaired) electrons. The number of carboxylic acids is 1. The van der Waals surface area contributed by atoms with E-state index in [-0.39, 0.29) is 17.1 Å². The molecule has 1 aliphatic heterocycles. The monoisotopic (exact) mass is 251 g/mol. The van der Waals surface area contributed by atoms with Crippen molar-refractivity contribution in [2.75, 3.05) is 6.54 Å². The van der Waals surface area contributed by atoms with E-state index in [2.05, 4.69) is 0 Å². The zero-order valence-corrected chi connectivity index (χ0v) is 9.54. The molecule has 0 saturated carbocycles. The molecule has 0 aromatic heterocycles. The Morgan fingerprint density at radius 3 is 2.33 bits per heavy atom. The van der Waals surface area contributed by atoms with Crippen LogP contribution < -0.4 is 0 Å². The SMILES string of the molecule is O=C(O)C1CCCN1C(=O)c1cc(O)cc(O)c1. The number of hydrogen-bond acceptors (Lipinski definition) is 4. The molecular weight excluding hydrogens is 238 g/mol. The number of nitrogens with zero attached hydrogens (tertiary/aromatic N) is 1. The summed E-state index contributed by atoms with van der Waals surface area (Å²) in [6.07, 6.45) is 1.05. The lowest BCUT2D eigenvalue weighted by Crippen LogP contribution is -2.40. The Balaban J connectivity index is 2.28. The molecule has 6 heteroatoms. The number of aromatic hydroxyl groups is 2. The van der Waals surface area contributed by atoms with Gasteiger partial charge >= 0.3 is 5.97 Å². The molecule has 1 unspecified atom stereocenters. The van der Waals surface area contributed by atoms with E-state index >= 15 is 0 Å². The molecule has 1 amide bonds. The van der Waals surface area contributed by atoms with Crippen LogP contribution in [0, 0.1) is 0 Å². The summed E-state index contributed by atoms with van der Waals surface area (Å²) in [6, 6.07) is 2.69. The average Bonchev–Trinajstić information content (AvgIpc) is 2.75. The lowest BCUT2D eigenvalue weighted by molar-refractivity contribution is -0.141. The number of carbonyl (C=O) groups is 2. The zero-order chi connectivity index (χ0) is 13.3. The van der Waals surface area contributed by atoms with Crippen molar-refractivity contribution in [3.05, 3.63) is 23.8 Å². The Bertz CT molecular complexity index is 479. The van der Waals surface area contributed by atoms with E-state index in [9.17, 15) is 19.8 Å². The number of carboxylic acid groups (broad SMARTS) is 1. The number of aliphatic carboxylic acids is 1. The minimum absolute atomic E-state index is 0.0839. The van der Waals surface area contributed by atoms with Crippen LogP contribution in [0.5, 0.6) is 11.5 Å². The van der Waals surface area contributed by atoms with E-state index in [0.29, 0.717) is 19.4 Å². The number of benzene rings is 1. The Morgan fingerprint density at radius 2 is 1.78 bits per heavy atom. The van der Waals surface area contributed by atoms with Crippen LogP contribution in [0.25, 0.3) is 0 Å². The van der Waals surface area contributed by atoms with Crippen LogP contribution in [0.1, 0.15) is 23.2 Å². The van der Waals surface area contributed by atoms with Gasteiger partial charge in [0.2, 0.25) is 0 Å². The third kappa shape index (κ3) is 2.22. The Labute approximate surface area is 103 Å². The summed E-state index contributed by atoms with van der Waals surface area (Å²) in [5.41, 5.74) is 0.0839. The predicted octanol–water partition coefficient (Wildman–Crippen LogP) is 0.787. The fourth-order valence-corrected chi connectivity index (χ4v) is 2.15. The second kappa shape index (κ2) is 4.56. The van der Waals surface area contributed by atoms with Crippen molar-refractivity contribution in [1.82, 2.24) is 4.90 Å². The molecule has 1 saturated heterocycles. The standard InChI is InChI=1S/C12H13NO5/c14-8-4-7(5-9(15)6-8)11(16)13-3-1-2-10(13)12(17)18/h4-6,10,14-15H,1-3H2,(H,17,18). The van der Waals surface area contributed by atoms with Gasteiger partial charge in [-0.25, -0.2) is 4.79 Å². The third-order valence-corrected chi connectivity index (χ3v) is 2.95. The van der Waals surface area contributed by atoms with Crippen LogP contribution in [0.15, 0.2) is 18.2 Å². The topological polar surface area (TPSA) is 98.1 Å². The van der Waals surface area contributed by atoms with Crippen molar-refractivity contribution >= 4 is 11.9 Å². The van der Waals surface area contributed by atoms with Gasteiger partial charge in [-0.05, 0) is 25.0 Å². The molecule has 96 valence electrons. The summed E-state index contributed by atoms with van der Waals surface area (Å²) in [5.74, 6) is -2.00. The second-order valence-electron chi connectivity index (χ2n) is 4.23. The van der Waals surface area contributed by atoms with E-state index in [0.717, 1.165) is 6.07 Å². The molecule has 1 fully saturated rings.